The van der Waals surface area contributed by atoms with Crippen LogP contribution in [-0.2, 0) is 0 Å². The van der Waals surface area contributed by atoms with Crippen LogP contribution in [0.25, 0.3) is 0 Å². The van der Waals surface area contributed by atoms with E-state index in [1.54, 1.807) is 24.0 Å². The van der Waals surface area contributed by atoms with Gasteiger partial charge in [-0.2, -0.15) is 0 Å². The normalized spacial score (nSPS) is 12.2. The fourth-order valence-corrected chi connectivity index (χ4v) is 1.85. The number of anilines is 2. The Hall–Kier alpha value is -1.87. The van der Waals surface area contributed by atoms with Gasteiger partial charge in [-0.1, -0.05) is 24.3 Å². The number of rotatable bonds is 3. The Labute approximate surface area is 106 Å². The number of halogens is 1. The second-order valence-electron chi connectivity index (χ2n) is 4.28. The van der Waals surface area contributed by atoms with E-state index in [2.05, 4.69) is 0 Å². The third kappa shape index (κ3) is 2.51. The van der Waals surface area contributed by atoms with Crippen LogP contribution in [0.5, 0.6) is 0 Å². The summed E-state index contributed by atoms with van der Waals surface area (Å²) in [7, 11) is 1.82. The van der Waals surface area contributed by atoms with E-state index in [0.717, 1.165) is 5.69 Å². The Morgan fingerprint density at radius 1 is 1.11 bits per heavy atom. The van der Waals surface area contributed by atoms with Gasteiger partial charge in [0.05, 0.1) is 11.8 Å². The zero-order valence-electron chi connectivity index (χ0n) is 10.5. The van der Waals surface area contributed by atoms with Gasteiger partial charge >= 0.3 is 0 Å². The van der Waals surface area contributed by atoms with Crippen molar-refractivity contribution in [2.45, 2.75) is 13.0 Å². The third-order valence-electron chi connectivity index (χ3n) is 2.96. The van der Waals surface area contributed by atoms with Crippen LogP contribution in [-0.4, -0.2) is 12.2 Å². The topological polar surface area (TPSA) is 23.5 Å². The highest BCUT2D eigenvalue weighted by Gasteiger charge is 2.11. The van der Waals surface area contributed by atoms with E-state index in [9.17, 15) is 9.50 Å². The molecule has 0 bridgehead atoms. The summed E-state index contributed by atoms with van der Waals surface area (Å²) in [6.45, 7) is 1.62. The average Bonchev–Trinajstić information content (AvgIpc) is 2.38. The lowest BCUT2D eigenvalue weighted by atomic mass is 10.1. The fraction of sp³-hybridized carbons (Fsp3) is 0.200. The van der Waals surface area contributed by atoms with E-state index in [-0.39, 0.29) is 5.82 Å². The van der Waals surface area contributed by atoms with E-state index in [0.29, 0.717) is 11.3 Å². The summed E-state index contributed by atoms with van der Waals surface area (Å²) in [5.41, 5.74) is 1.99. The molecule has 18 heavy (non-hydrogen) atoms. The van der Waals surface area contributed by atoms with Gasteiger partial charge in [0.25, 0.3) is 0 Å². The van der Waals surface area contributed by atoms with Gasteiger partial charge in [0.2, 0.25) is 0 Å². The minimum atomic E-state index is -0.657. The highest BCUT2D eigenvalue weighted by atomic mass is 19.1. The molecule has 1 unspecified atom stereocenters. The minimum absolute atomic E-state index is 0.334. The molecule has 0 aromatic heterocycles. The summed E-state index contributed by atoms with van der Waals surface area (Å²) in [5.74, 6) is -0.334. The van der Waals surface area contributed by atoms with E-state index in [1.807, 2.05) is 37.4 Å². The summed E-state index contributed by atoms with van der Waals surface area (Å²) in [6, 6.07) is 14.4. The van der Waals surface area contributed by atoms with Gasteiger partial charge in [-0.15, -0.1) is 0 Å². The molecule has 0 saturated carbocycles. The van der Waals surface area contributed by atoms with Gasteiger partial charge in [0.1, 0.15) is 5.82 Å². The first-order chi connectivity index (χ1) is 8.59. The predicted octanol–water partition coefficient (Wildman–Crippen LogP) is 3.65. The van der Waals surface area contributed by atoms with Crippen LogP contribution in [0, 0.1) is 5.82 Å². The highest BCUT2D eigenvalue weighted by Crippen LogP contribution is 2.27. The van der Waals surface area contributed by atoms with Crippen LogP contribution in [0.3, 0.4) is 0 Å². The van der Waals surface area contributed by atoms with Crippen molar-refractivity contribution in [3.63, 3.8) is 0 Å². The monoisotopic (exact) mass is 245 g/mol. The predicted molar refractivity (Wildman–Crippen MR) is 71.5 cm³/mol. The van der Waals surface area contributed by atoms with Crippen molar-refractivity contribution in [3.05, 3.63) is 59.9 Å². The summed E-state index contributed by atoms with van der Waals surface area (Å²) in [6.07, 6.45) is -0.657. The molecule has 2 rings (SSSR count). The lowest BCUT2D eigenvalue weighted by molar-refractivity contribution is 0.199. The van der Waals surface area contributed by atoms with Gasteiger partial charge in [-0.25, -0.2) is 4.39 Å². The van der Waals surface area contributed by atoms with Gasteiger partial charge in [0.15, 0.2) is 0 Å². The van der Waals surface area contributed by atoms with Gasteiger partial charge in [-0.3, -0.25) is 0 Å². The van der Waals surface area contributed by atoms with Crippen molar-refractivity contribution in [1.82, 2.24) is 0 Å². The molecule has 1 atom stereocenters. The second-order valence-corrected chi connectivity index (χ2v) is 4.28. The van der Waals surface area contributed by atoms with Gasteiger partial charge in [0, 0.05) is 12.7 Å². The Morgan fingerprint density at radius 3 is 2.33 bits per heavy atom. The largest absolute Gasteiger partial charge is 0.389 e. The van der Waals surface area contributed by atoms with Crippen LogP contribution in [0.1, 0.15) is 18.6 Å². The van der Waals surface area contributed by atoms with E-state index in [4.69, 9.17) is 0 Å². The molecule has 94 valence electrons. The van der Waals surface area contributed by atoms with Crippen LogP contribution in [0.2, 0.25) is 0 Å². The quantitative estimate of drug-likeness (QED) is 0.892. The molecular formula is C15H16FNO. The molecule has 0 spiro atoms. The van der Waals surface area contributed by atoms with E-state index < -0.39 is 6.10 Å². The Kier molecular flexibility index (Phi) is 3.63. The van der Waals surface area contributed by atoms with Crippen LogP contribution in [0.4, 0.5) is 15.8 Å². The number of hydrogen-bond donors (Lipinski definition) is 1. The molecule has 2 aromatic carbocycles. The minimum Gasteiger partial charge on any atom is -0.389 e. The molecule has 0 saturated heterocycles. The smallest absolute Gasteiger partial charge is 0.147 e. The first kappa shape index (κ1) is 12.6. The summed E-state index contributed by atoms with van der Waals surface area (Å²) in [4.78, 5) is 1.78. The number of aliphatic hydroxyl groups excluding tert-OH is 1. The van der Waals surface area contributed by atoms with Crippen LogP contribution >= 0.6 is 0 Å². The number of nitrogens with zero attached hydrogens (tertiary/aromatic N) is 1. The van der Waals surface area contributed by atoms with Crippen molar-refractivity contribution in [3.8, 4) is 0 Å². The summed E-state index contributed by atoms with van der Waals surface area (Å²) in [5, 5.41) is 9.41. The van der Waals surface area contributed by atoms with Crippen molar-refractivity contribution >= 4 is 11.4 Å². The molecule has 0 aliphatic rings. The molecule has 2 nitrogen and oxygen atoms in total. The molecule has 0 amide bonds. The first-order valence-corrected chi connectivity index (χ1v) is 5.86. The molecule has 0 aliphatic carbocycles. The molecule has 0 heterocycles. The Balaban J connectivity index is 2.34. The molecule has 0 fully saturated rings. The van der Waals surface area contributed by atoms with E-state index in [1.165, 1.54) is 6.07 Å². The number of benzene rings is 2. The molecule has 0 aliphatic heterocycles. The third-order valence-corrected chi connectivity index (χ3v) is 2.96. The molecule has 2 aromatic rings. The Bertz CT molecular complexity index is 525. The van der Waals surface area contributed by atoms with Crippen molar-refractivity contribution in [2.24, 2.45) is 0 Å². The van der Waals surface area contributed by atoms with Gasteiger partial charge in [-0.05, 0) is 36.8 Å². The zero-order chi connectivity index (χ0) is 13.1. The number of para-hydroxylation sites is 1. The lowest BCUT2D eigenvalue weighted by Gasteiger charge is -2.20. The number of hydrogen-bond acceptors (Lipinski definition) is 2. The molecule has 1 N–H and O–H groups in total. The van der Waals surface area contributed by atoms with Crippen LogP contribution < -0.4 is 4.90 Å². The summed E-state index contributed by atoms with van der Waals surface area (Å²) >= 11 is 0. The molecular weight excluding hydrogens is 229 g/mol. The van der Waals surface area contributed by atoms with Crippen molar-refractivity contribution in [1.29, 1.82) is 0 Å². The SMILES string of the molecule is CC(O)c1ccc(N(C)c2ccccc2)c(F)c1. The summed E-state index contributed by atoms with van der Waals surface area (Å²) < 4.78 is 14.0. The fourth-order valence-electron chi connectivity index (χ4n) is 1.85. The van der Waals surface area contributed by atoms with E-state index >= 15 is 0 Å². The molecule has 0 radical (unpaired) electrons. The standard InChI is InChI=1S/C15H16FNO/c1-11(18)12-8-9-15(14(16)10-12)17(2)13-6-4-3-5-7-13/h3-11,18H,1-2H3. The lowest BCUT2D eigenvalue weighted by Crippen LogP contribution is -2.11. The number of aliphatic hydroxyl groups is 1. The average molecular weight is 245 g/mol. The maximum atomic E-state index is 14.0. The van der Waals surface area contributed by atoms with Crippen molar-refractivity contribution < 1.29 is 9.50 Å². The van der Waals surface area contributed by atoms with Gasteiger partial charge < -0.3 is 10.0 Å². The Morgan fingerprint density at radius 2 is 1.78 bits per heavy atom. The first-order valence-electron chi connectivity index (χ1n) is 5.86. The second kappa shape index (κ2) is 5.19. The molecule has 3 heteroatoms. The van der Waals surface area contributed by atoms with Crippen molar-refractivity contribution in [2.75, 3.05) is 11.9 Å². The maximum Gasteiger partial charge on any atom is 0.147 e. The zero-order valence-corrected chi connectivity index (χ0v) is 10.5. The van der Waals surface area contributed by atoms with Crippen LogP contribution in [0.15, 0.2) is 48.5 Å². The maximum absolute atomic E-state index is 14.0. The highest BCUT2D eigenvalue weighted by molar-refractivity contribution is 5.63.